The molecule has 3 nitrogen and oxygen atoms in total. The Kier molecular flexibility index (Phi) is 3.98. The molecule has 0 amide bonds. The number of nitrogens with one attached hydrogen (secondary N) is 1. The molecule has 0 aliphatic heterocycles. The maximum absolute atomic E-state index is 13.1. The number of aromatic nitrogens is 2. The molecule has 6 heteroatoms. The van der Waals surface area contributed by atoms with Crippen LogP contribution in [0.3, 0.4) is 0 Å². The van der Waals surface area contributed by atoms with Crippen molar-refractivity contribution in [1.29, 1.82) is 0 Å². The first kappa shape index (κ1) is 13.0. The van der Waals surface area contributed by atoms with Crippen molar-refractivity contribution in [2.75, 3.05) is 7.05 Å². The molecule has 0 bridgehead atoms. The fourth-order valence-electron chi connectivity index (χ4n) is 1.85. The normalized spacial score (nSPS) is 12.7. The molecule has 2 rings (SSSR count). The summed E-state index contributed by atoms with van der Waals surface area (Å²) in [6, 6.07) is 3.53. The summed E-state index contributed by atoms with van der Waals surface area (Å²) in [5.74, 6) is -1.11. The largest absolute Gasteiger partial charge is 0.312 e. The van der Waals surface area contributed by atoms with E-state index in [0.29, 0.717) is 12.0 Å². The van der Waals surface area contributed by atoms with E-state index in [9.17, 15) is 8.78 Å². The van der Waals surface area contributed by atoms with Crippen LogP contribution in [0.2, 0.25) is 0 Å². The van der Waals surface area contributed by atoms with Crippen molar-refractivity contribution in [3.05, 3.63) is 46.0 Å². The predicted molar refractivity (Wildman–Crippen MR) is 66.5 cm³/mol. The van der Waals surface area contributed by atoms with Crippen molar-refractivity contribution in [1.82, 2.24) is 14.9 Å². The van der Waals surface area contributed by atoms with Gasteiger partial charge in [0.2, 0.25) is 0 Å². The highest BCUT2D eigenvalue weighted by atomic mass is 32.1. The fourth-order valence-corrected chi connectivity index (χ4v) is 2.60. The van der Waals surface area contributed by atoms with E-state index in [2.05, 4.69) is 14.9 Å². The topological polar surface area (TPSA) is 37.8 Å². The monoisotopic (exact) mass is 269 g/mol. The quantitative estimate of drug-likeness (QED) is 0.927. The molecule has 1 N–H and O–H groups in total. The number of aryl methyl sites for hydroxylation is 1. The molecule has 1 unspecified atom stereocenters. The summed E-state index contributed by atoms with van der Waals surface area (Å²) in [5, 5.41) is 7.06. The van der Waals surface area contributed by atoms with Gasteiger partial charge in [-0.1, -0.05) is 4.49 Å². The van der Waals surface area contributed by atoms with Gasteiger partial charge in [0.05, 0.1) is 10.6 Å². The van der Waals surface area contributed by atoms with Crippen molar-refractivity contribution in [3.63, 3.8) is 0 Å². The highest BCUT2D eigenvalue weighted by Gasteiger charge is 2.16. The number of hydrogen-bond donors (Lipinski definition) is 1. The van der Waals surface area contributed by atoms with Crippen LogP contribution < -0.4 is 5.32 Å². The van der Waals surface area contributed by atoms with Crippen molar-refractivity contribution in [2.24, 2.45) is 0 Å². The standard InChI is InChI=1S/C12H13F2N3S/c1-7-12(18-17-16-7)11(15-2)5-8-3-9(13)6-10(14)4-8/h3-4,6,11,15H,5H2,1-2H3. The average Bonchev–Trinajstić information content (AvgIpc) is 2.71. The molecule has 96 valence electrons. The molecule has 0 fully saturated rings. The average molecular weight is 269 g/mol. The summed E-state index contributed by atoms with van der Waals surface area (Å²) in [4.78, 5) is 0.988. The van der Waals surface area contributed by atoms with E-state index in [1.807, 2.05) is 6.92 Å². The van der Waals surface area contributed by atoms with Crippen LogP contribution in [0.25, 0.3) is 0 Å². The lowest BCUT2D eigenvalue weighted by atomic mass is 10.0. The third kappa shape index (κ3) is 2.88. The number of likely N-dealkylation sites (N-methyl/N-ethyl adjacent to an activating group) is 1. The van der Waals surface area contributed by atoms with Crippen LogP contribution in [-0.2, 0) is 6.42 Å². The lowest BCUT2D eigenvalue weighted by molar-refractivity contribution is 0.564. The number of rotatable bonds is 4. The van der Waals surface area contributed by atoms with Crippen LogP contribution in [0, 0.1) is 18.6 Å². The molecule has 1 heterocycles. The van der Waals surface area contributed by atoms with E-state index in [4.69, 9.17) is 0 Å². The first-order valence-corrected chi connectivity index (χ1v) is 6.28. The molecule has 0 saturated carbocycles. The molecule has 1 aromatic heterocycles. The third-order valence-electron chi connectivity index (χ3n) is 2.71. The van der Waals surface area contributed by atoms with Gasteiger partial charge in [0.15, 0.2) is 0 Å². The van der Waals surface area contributed by atoms with Crippen molar-refractivity contribution in [3.8, 4) is 0 Å². The van der Waals surface area contributed by atoms with E-state index in [1.165, 1.54) is 23.7 Å². The van der Waals surface area contributed by atoms with Gasteiger partial charge in [0.25, 0.3) is 0 Å². The van der Waals surface area contributed by atoms with Gasteiger partial charge in [-0.25, -0.2) is 8.78 Å². The fraction of sp³-hybridized carbons (Fsp3) is 0.333. The van der Waals surface area contributed by atoms with E-state index in [1.54, 1.807) is 7.05 Å². The Morgan fingerprint density at radius 1 is 1.28 bits per heavy atom. The molecular formula is C12H13F2N3S. The van der Waals surface area contributed by atoms with Gasteiger partial charge >= 0.3 is 0 Å². The van der Waals surface area contributed by atoms with Crippen molar-refractivity contribution < 1.29 is 8.78 Å². The highest BCUT2D eigenvalue weighted by molar-refractivity contribution is 7.05. The van der Waals surface area contributed by atoms with E-state index in [0.717, 1.165) is 16.6 Å². The molecule has 0 saturated heterocycles. The minimum absolute atomic E-state index is 0.0359. The lowest BCUT2D eigenvalue weighted by Gasteiger charge is -2.14. The summed E-state index contributed by atoms with van der Waals surface area (Å²) in [6.45, 7) is 1.87. The Morgan fingerprint density at radius 3 is 2.44 bits per heavy atom. The van der Waals surface area contributed by atoms with Gasteiger partial charge in [0, 0.05) is 12.1 Å². The smallest absolute Gasteiger partial charge is 0.126 e. The van der Waals surface area contributed by atoms with Gasteiger partial charge < -0.3 is 5.32 Å². The zero-order valence-electron chi connectivity index (χ0n) is 10.1. The molecule has 18 heavy (non-hydrogen) atoms. The van der Waals surface area contributed by atoms with Gasteiger partial charge in [-0.15, -0.1) is 5.10 Å². The molecule has 0 aliphatic rings. The summed E-state index contributed by atoms with van der Waals surface area (Å²) in [5.41, 5.74) is 1.45. The molecule has 1 aromatic carbocycles. The molecule has 0 aliphatic carbocycles. The number of benzene rings is 1. The summed E-state index contributed by atoms with van der Waals surface area (Å²) >= 11 is 1.30. The minimum Gasteiger partial charge on any atom is -0.312 e. The molecule has 0 spiro atoms. The first-order chi connectivity index (χ1) is 8.60. The van der Waals surface area contributed by atoms with Crippen molar-refractivity contribution >= 4 is 11.5 Å². The van der Waals surface area contributed by atoms with Crippen LogP contribution in [0.4, 0.5) is 8.78 Å². The molecule has 1 atom stereocenters. The molecule has 2 aromatic rings. The Hall–Kier alpha value is -1.40. The van der Waals surface area contributed by atoms with Gasteiger partial charge in [0.1, 0.15) is 11.6 Å². The minimum atomic E-state index is -0.556. The molecular weight excluding hydrogens is 256 g/mol. The number of hydrogen-bond acceptors (Lipinski definition) is 4. The van der Waals surface area contributed by atoms with Crippen LogP contribution >= 0.6 is 11.5 Å². The second-order valence-electron chi connectivity index (χ2n) is 4.05. The second kappa shape index (κ2) is 5.49. The maximum atomic E-state index is 13.1. The number of halogens is 2. The predicted octanol–water partition coefficient (Wildman–Crippen LogP) is 2.63. The van der Waals surface area contributed by atoms with E-state index in [-0.39, 0.29) is 6.04 Å². The summed E-state index contributed by atoms with van der Waals surface area (Å²) in [6.07, 6.45) is 0.496. The SMILES string of the molecule is CNC(Cc1cc(F)cc(F)c1)c1snnc1C. The van der Waals surface area contributed by atoms with Gasteiger partial charge in [-0.05, 0) is 49.6 Å². The maximum Gasteiger partial charge on any atom is 0.126 e. The van der Waals surface area contributed by atoms with Crippen LogP contribution in [-0.4, -0.2) is 16.6 Å². The second-order valence-corrected chi connectivity index (χ2v) is 4.83. The van der Waals surface area contributed by atoms with Gasteiger partial charge in [-0.3, -0.25) is 0 Å². The van der Waals surface area contributed by atoms with Crippen LogP contribution in [0.1, 0.15) is 22.2 Å². The lowest BCUT2D eigenvalue weighted by Crippen LogP contribution is -2.18. The first-order valence-electron chi connectivity index (χ1n) is 5.51. The summed E-state index contributed by atoms with van der Waals surface area (Å²) < 4.78 is 30.1. The summed E-state index contributed by atoms with van der Waals surface area (Å²) in [7, 11) is 1.81. The van der Waals surface area contributed by atoms with Crippen LogP contribution in [0.5, 0.6) is 0 Å². The molecule has 0 radical (unpaired) electrons. The third-order valence-corrected chi connectivity index (χ3v) is 3.65. The Bertz CT molecular complexity index is 522. The van der Waals surface area contributed by atoms with Crippen molar-refractivity contribution in [2.45, 2.75) is 19.4 Å². The Morgan fingerprint density at radius 2 is 1.94 bits per heavy atom. The Labute approximate surface area is 108 Å². The Balaban J connectivity index is 2.23. The van der Waals surface area contributed by atoms with E-state index < -0.39 is 11.6 Å². The van der Waals surface area contributed by atoms with Crippen LogP contribution in [0.15, 0.2) is 18.2 Å². The highest BCUT2D eigenvalue weighted by Crippen LogP contribution is 2.24. The number of nitrogens with zero attached hydrogens (tertiary/aromatic N) is 2. The van der Waals surface area contributed by atoms with E-state index >= 15 is 0 Å². The van der Waals surface area contributed by atoms with Gasteiger partial charge in [-0.2, -0.15) is 0 Å². The zero-order chi connectivity index (χ0) is 13.1. The zero-order valence-corrected chi connectivity index (χ0v) is 10.9.